The first-order valence-electron chi connectivity index (χ1n) is 11.3. The summed E-state index contributed by atoms with van der Waals surface area (Å²) >= 11 is 12.9. The maximum absolute atomic E-state index is 6.55. The molecule has 0 bridgehead atoms. The van der Waals surface area contributed by atoms with Crippen LogP contribution in [0.5, 0.6) is 5.88 Å². The molecule has 34 heavy (non-hydrogen) atoms. The summed E-state index contributed by atoms with van der Waals surface area (Å²) in [6.45, 7) is 0.470. The van der Waals surface area contributed by atoms with Crippen LogP contribution in [0.1, 0.15) is 35.6 Å². The number of hydrogen-bond donors (Lipinski definition) is 1. The van der Waals surface area contributed by atoms with Crippen LogP contribution in [-0.4, -0.2) is 19.5 Å². The van der Waals surface area contributed by atoms with Gasteiger partial charge in [0.1, 0.15) is 6.61 Å². The molecule has 0 saturated heterocycles. The molecule has 0 aliphatic heterocycles. The standard InChI is InChI=1S/C27H22Cl2N4O/c28-18-9-21-19(23(29)10-18)7-4-8-25(21)33-16-30-14-26(33)22-12-31-24-13-32-27(11-20(22)24)34-15-17-5-2-1-3-6-17/h1-3,5-6,9-14,16,25,31H,4,7-8,15H2. The molecular weight excluding hydrogens is 467 g/mol. The number of H-pyrrole nitrogens is 1. The van der Waals surface area contributed by atoms with Gasteiger partial charge in [-0.15, -0.1) is 0 Å². The highest BCUT2D eigenvalue weighted by molar-refractivity contribution is 6.35. The summed E-state index contributed by atoms with van der Waals surface area (Å²) in [6.07, 6.45) is 10.7. The van der Waals surface area contributed by atoms with E-state index in [0.717, 1.165) is 52.0 Å². The summed E-state index contributed by atoms with van der Waals surface area (Å²) in [4.78, 5) is 12.3. The molecule has 0 saturated carbocycles. The third-order valence-electron chi connectivity index (χ3n) is 6.51. The van der Waals surface area contributed by atoms with Crippen molar-refractivity contribution < 1.29 is 4.74 Å². The number of hydrogen-bond acceptors (Lipinski definition) is 3. The lowest BCUT2D eigenvalue weighted by molar-refractivity contribution is 0.294. The number of rotatable bonds is 5. The van der Waals surface area contributed by atoms with Crippen molar-refractivity contribution in [1.82, 2.24) is 19.5 Å². The Balaban J connectivity index is 1.37. The van der Waals surface area contributed by atoms with Gasteiger partial charge >= 0.3 is 0 Å². The number of pyridine rings is 1. The summed E-state index contributed by atoms with van der Waals surface area (Å²) in [5.41, 5.74) is 6.49. The quantitative estimate of drug-likeness (QED) is 0.283. The molecule has 1 atom stereocenters. The van der Waals surface area contributed by atoms with Crippen molar-refractivity contribution in [3.05, 3.63) is 100 Å². The molecule has 0 amide bonds. The monoisotopic (exact) mass is 488 g/mol. The zero-order valence-corrected chi connectivity index (χ0v) is 19.9. The molecule has 1 unspecified atom stereocenters. The van der Waals surface area contributed by atoms with Crippen LogP contribution in [0.4, 0.5) is 0 Å². The van der Waals surface area contributed by atoms with Gasteiger partial charge in [-0.2, -0.15) is 0 Å². The van der Waals surface area contributed by atoms with E-state index in [1.54, 1.807) is 0 Å². The normalized spacial score (nSPS) is 15.4. The molecule has 3 heterocycles. The van der Waals surface area contributed by atoms with Gasteiger partial charge in [0.25, 0.3) is 0 Å². The number of nitrogens with one attached hydrogen (secondary N) is 1. The van der Waals surface area contributed by atoms with E-state index in [1.165, 1.54) is 11.1 Å². The van der Waals surface area contributed by atoms with Crippen molar-refractivity contribution in [2.45, 2.75) is 31.9 Å². The lowest BCUT2D eigenvalue weighted by Gasteiger charge is -2.29. The van der Waals surface area contributed by atoms with Gasteiger partial charge in [-0.25, -0.2) is 9.97 Å². The fraction of sp³-hybridized carbons (Fsp3) is 0.185. The van der Waals surface area contributed by atoms with Crippen molar-refractivity contribution >= 4 is 34.1 Å². The van der Waals surface area contributed by atoms with E-state index >= 15 is 0 Å². The lowest BCUT2D eigenvalue weighted by atomic mass is 9.87. The topological polar surface area (TPSA) is 55.7 Å². The van der Waals surface area contributed by atoms with Gasteiger partial charge in [0.2, 0.25) is 5.88 Å². The van der Waals surface area contributed by atoms with Crippen LogP contribution < -0.4 is 4.74 Å². The minimum Gasteiger partial charge on any atom is -0.473 e. The van der Waals surface area contributed by atoms with Crippen molar-refractivity contribution in [3.63, 3.8) is 0 Å². The number of ether oxygens (including phenoxy) is 1. The molecule has 170 valence electrons. The van der Waals surface area contributed by atoms with Gasteiger partial charge in [0.05, 0.1) is 36.0 Å². The summed E-state index contributed by atoms with van der Waals surface area (Å²) < 4.78 is 8.22. The maximum atomic E-state index is 6.55. The zero-order valence-electron chi connectivity index (χ0n) is 18.3. The summed E-state index contributed by atoms with van der Waals surface area (Å²) in [5, 5.41) is 2.45. The zero-order chi connectivity index (χ0) is 23.1. The summed E-state index contributed by atoms with van der Waals surface area (Å²) in [5.74, 6) is 0.588. The fourth-order valence-electron chi connectivity index (χ4n) is 4.89. The van der Waals surface area contributed by atoms with Gasteiger partial charge in [-0.1, -0.05) is 53.5 Å². The summed E-state index contributed by atoms with van der Waals surface area (Å²) in [7, 11) is 0. The number of benzene rings is 2. The number of halogens is 2. The van der Waals surface area contributed by atoms with Gasteiger partial charge in [-0.3, -0.25) is 0 Å². The van der Waals surface area contributed by atoms with Crippen LogP contribution in [0.2, 0.25) is 10.0 Å². The number of aromatic amines is 1. The first-order valence-corrected chi connectivity index (χ1v) is 12.1. The molecule has 6 rings (SSSR count). The molecule has 2 aromatic carbocycles. The Hall–Kier alpha value is -3.28. The molecule has 5 aromatic rings. The highest BCUT2D eigenvalue weighted by Crippen LogP contribution is 2.41. The van der Waals surface area contributed by atoms with E-state index in [4.69, 9.17) is 27.9 Å². The molecule has 1 aliphatic rings. The summed E-state index contributed by atoms with van der Waals surface area (Å²) in [6, 6.07) is 16.1. The molecule has 7 heteroatoms. The molecular formula is C27H22Cl2N4O. The minimum absolute atomic E-state index is 0.123. The first-order chi connectivity index (χ1) is 16.7. The molecule has 3 aromatic heterocycles. The maximum Gasteiger partial charge on any atom is 0.214 e. The van der Waals surface area contributed by atoms with Crippen LogP contribution >= 0.6 is 23.2 Å². The third kappa shape index (κ3) is 3.85. The second-order valence-electron chi connectivity index (χ2n) is 8.59. The van der Waals surface area contributed by atoms with Gasteiger partial charge < -0.3 is 14.3 Å². The Bertz CT molecular complexity index is 1480. The SMILES string of the molecule is Clc1cc(Cl)c2c(c1)C(n1cncc1-c1c[nH]c3cnc(OCc4ccccc4)cc13)CCC2. The predicted octanol–water partition coefficient (Wildman–Crippen LogP) is 7.24. The van der Waals surface area contributed by atoms with Crippen LogP contribution in [-0.2, 0) is 13.0 Å². The Morgan fingerprint density at radius 2 is 1.97 bits per heavy atom. The van der Waals surface area contributed by atoms with E-state index in [9.17, 15) is 0 Å². The van der Waals surface area contributed by atoms with Crippen molar-refractivity contribution in [2.24, 2.45) is 0 Å². The predicted molar refractivity (Wildman–Crippen MR) is 136 cm³/mol. The van der Waals surface area contributed by atoms with E-state index in [2.05, 4.69) is 19.5 Å². The smallest absolute Gasteiger partial charge is 0.214 e. The van der Waals surface area contributed by atoms with Crippen LogP contribution in [0.15, 0.2) is 73.4 Å². The minimum atomic E-state index is 0.123. The first kappa shape index (κ1) is 21.3. The Morgan fingerprint density at radius 3 is 2.85 bits per heavy atom. The van der Waals surface area contributed by atoms with Crippen molar-refractivity contribution in [2.75, 3.05) is 0 Å². The lowest BCUT2D eigenvalue weighted by Crippen LogP contribution is -2.18. The highest BCUT2D eigenvalue weighted by Gasteiger charge is 2.26. The number of aromatic nitrogens is 4. The Kier molecular flexibility index (Phi) is 5.52. The average Bonchev–Trinajstić information content (AvgIpc) is 3.49. The molecule has 0 fully saturated rings. The number of imidazole rings is 1. The van der Waals surface area contributed by atoms with Gasteiger partial charge in [0.15, 0.2) is 0 Å². The van der Waals surface area contributed by atoms with Crippen LogP contribution in [0, 0.1) is 0 Å². The molecule has 0 radical (unpaired) electrons. The number of nitrogens with zero attached hydrogens (tertiary/aromatic N) is 3. The average molecular weight is 489 g/mol. The van der Waals surface area contributed by atoms with E-state index in [-0.39, 0.29) is 6.04 Å². The molecule has 5 nitrogen and oxygen atoms in total. The highest BCUT2D eigenvalue weighted by atomic mass is 35.5. The number of fused-ring (bicyclic) bond motifs is 2. The van der Waals surface area contributed by atoms with Crippen LogP contribution in [0.25, 0.3) is 22.2 Å². The molecule has 1 aliphatic carbocycles. The third-order valence-corrected chi connectivity index (χ3v) is 7.06. The largest absolute Gasteiger partial charge is 0.473 e. The fourth-order valence-corrected chi connectivity index (χ4v) is 5.49. The van der Waals surface area contributed by atoms with E-state index < -0.39 is 0 Å². The van der Waals surface area contributed by atoms with Crippen LogP contribution in [0.3, 0.4) is 0 Å². The van der Waals surface area contributed by atoms with Gasteiger partial charge in [-0.05, 0) is 48.1 Å². The molecule has 1 N–H and O–H groups in total. The van der Waals surface area contributed by atoms with Crippen molar-refractivity contribution in [1.29, 1.82) is 0 Å². The van der Waals surface area contributed by atoms with E-state index in [0.29, 0.717) is 17.5 Å². The molecule has 0 spiro atoms. The van der Waals surface area contributed by atoms with Crippen molar-refractivity contribution in [3.8, 4) is 17.1 Å². The Morgan fingerprint density at radius 1 is 1.09 bits per heavy atom. The Labute approximate surface area is 207 Å². The van der Waals surface area contributed by atoms with E-state index in [1.807, 2.05) is 73.4 Å². The second-order valence-corrected chi connectivity index (χ2v) is 9.44. The second kappa shape index (κ2) is 8.82. The van der Waals surface area contributed by atoms with Gasteiger partial charge in [0, 0.05) is 33.3 Å².